The van der Waals surface area contributed by atoms with Crippen LogP contribution in [-0.2, 0) is 7.05 Å². The Labute approximate surface area is 132 Å². The maximum atomic E-state index is 4.55. The van der Waals surface area contributed by atoms with Gasteiger partial charge in [0.15, 0.2) is 11.4 Å². The van der Waals surface area contributed by atoms with Gasteiger partial charge < -0.3 is 17.4 Å². The quantitative estimate of drug-likeness (QED) is 0.424. The number of para-hydroxylation sites is 2. The van der Waals surface area contributed by atoms with Crippen molar-refractivity contribution in [2.45, 2.75) is 10.2 Å². The van der Waals surface area contributed by atoms with E-state index in [1.165, 1.54) is 5.03 Å². The van der Waals surface area contributed by atoms with Gasteiger partial charge >= 0.3 is 0 Å². The third-order valence-electron chi connectivity index (χ3n) is 2.78. The van der Waals surface area contributed by atoms with Crippen LogP contribution in [0.5, 0.6) is 0 Å². The number of imidazole rings is 1. The van der Waals surface area contributed by atoms with Crippen LogP contribution in [0.2, 0.25) is 0 Å². The van der Waals surface area contributed by atoms with Crippen molar-refractivity contribution in [3.63, 3.8) is 0 Å². The molecule has 0 aliphatic rings. The number of thioether (sulfide) groups is 2. The topological polar surface area (TPSA) is 32.6 Å². The molecule has 20 heavy (non-hydrogen) atoms. The molecule has 0 aliphatic carbocycles. The van der Waals surface area contributed by atoms with Gasteiger partial charge in [-0.1, -0.05) is 23.9 Å². The number of nitrogens with one attached hydrogen (secondary N) is 1. The number of hydrogen-bond donors (Lipinski definition) is 1. The van der Waals surface area contributed by atoms with Gasteiger partial charge in [-0.15, -0.1) is 0 Å². The van der Waals surface area contributed by atoms with Crippen molar-refractivity contribution in [2.75, 3.05) is 5.08 Å². The highest BCUT2D eigenvalue weighted by Gasteiger charge is 2.07. The molecule has 0 fully saturated rings. The van der Waals surface area contributed by atoms with E-state index in [2.05, 4.69) is 46.0 Å². The minimum absolute atomic E-state index is 0. The summed E-state index contributed by atoms with van der Waals surface area (Å²) in [5.74, 6) is 0. The van der Waals surface area contributed by atoms with Crippen LogP contribution in [0.4, 0.5) is 0 Å². The smallest absolute Gasteiger partial charge is 0.240 e. The lowest BCUT2D eigenvalue weighted by atomic mass is 10.3. The normalized spacial score (nSPS) is 10.4. The fourth-order valence-electron chi connectivity index (χ4n) is 1.80. The highest BCUT2D eigenvalue weighted by atomic mass is 35.5. The third-order valence-corrected chi connectivity index (χ3v) is 4.91. The number of aromatic nitrogens is 3. The molecule has 1 N–H and O–H groups in total. The van der Waals surface area contributed by atoms with Gasteiger partial charge in [-0.25, -0.2) is 4.98 Å². The molecule has 0 saturated heterocycles. The molecular weight excluding hydrogens is 310 g/mol. The lowest BCUT2D eigenvalue weighted by Gasteiger charge is -1.97. The molecular formula is C14H14ClN3S2. The minimum atomic E-state index is 0. The molecule has 0 saturated carbocycles. The van der Waals surface area contributed by atoms with Crippen molar-refractivity contribution in [3.8, 4) is 0 Å². The Bertz CT molecular complexity index is 666. The number of aryl methyl sites for hydroxylation is 1. The number of fused-ring (bicyclic) bond motifs is 1. The predicted octanol–water partition coefficient (Wildman–Crippen LogP) is 0.233. The van der Waals surface area contributed by atoms with Gasteiger partial charge in [0.05, 0.1) is 16.1 Å². The van der Waals surface area contributed by atoms with Gasteiger partial charge in [-0.05, 0) is 30.0 Å². The van der Waals surface area contributed by atoms with E-state index in [4.69, 9.17) is 0 Å². The third kappa shape index (κ3) is 3.48. The van der Waals surface area contributed by atoms with Gasteiger partial charge in [0.25, 0.3) is 0 Å². The first-order valence-electron chi connectivity index (χ1n) is 5.98. The maximum Gasteiger partial charge on any atom is 0.240 e. The number of aromatic amines is 1. The van der Waals surface area contributed by atoms with Crippen LogP contribution in [-0.4, -0.2) is 15.1 Å². The molecule has 2 aromatic heterocycles. The first-order chi connectivity index (χ1) is 9.33. The first-order valence-corrected chi connectivity index (χ1v) is 7.95. The highest BCUT2D eigenvalue weighted by Crippen LogP contribution is 2.25. The fourth-order valence-corrected chi connectivity index (χ4v) is 3.75. The lowest BCUT2D eigenvalue weighted by Crippen LogP contribution is -3.00. The molecule has 0 radical (unpaired) electrons. The predicted molar refractivity (Wildman–Crippen MR) is 80.3 cm³/mol. The number of pyridine rings is 1. The molecule has 0 atom stereocenters. The fraction of sp³-hybridized carbons (Fsp3) is 0.143. The largest absolute Gasteiger partial charge is 1.00 e. The second-order valence-corrected chi connectivity index (χ2v) is 6.44. The molecule has 3 rings (SSSR count). The van der Waals surface area contributed by atoms with Gasteiger partial charge in [0.1, 0.15) is 7.05 Å². The Balaban J connectivity index is 0.00000147. The molecule has 1 aromatic carbocycles. The molecule has 3 aromatic rings. The van der Waals surface area contributed by atoms with Crippen LogP contribution in [0.3, 0.4) is 0 Å². The summed E-state index contributed by atoms with van der Waals surface area (Å²) < 4.78 is 2.13. The Morgan fingerprint density at radius 3 is 2.70 bits per heavy atom. The Morgan fingerprint density at radius 1 is 1.10 bits per heavy atom. The van der Waals surface area contributed by atoms with E-state index in [9.17, 15) is 0 Å². The van der Waals surface area contributed by atoms with E-state index in [0.29, 0.717) is 0 Å². The number of benzene rings is 1. The summed E-state index contributed by atoms with van der Waals surface area (Å²) in [6.07, 6.45) is 2.06. The maximum absolute atomic E-state index is 4.55. The second-order valence-electron chi connectivity index (χ2n) is 4.12. The van der Waals surface area contributed by atoms with Gasteiger partial charge in [-0.3, -0.25) is 0 Å². The van der Waals surface area contributed by atoms with Crippen molar-refractivity contribution in [1.82, 2.24) is 9.97 Å². The molecule has 2 heterocycles. The average molecular weight is 324 g/mol. The number of H-pyrrole nitrogens is 1. The molecule has 0 spiro atoms. The van der Waals surface area contributed by atoms with E-state index in [-0.39, 0.29) is 12.4 Å². The number of hydrogen-bond acceptors (Lipinski definition) is 3. The summed E-state index contributed by atoms with van der Waals surface area (Å²) in [6, 6.07) is 14.3. The van der Waals surface area contributed by atoms with Crippen LogP contribution in [0.15, 0.2) is 58.8 Å². The first kappa shape index (κ1) is 15.2. The van der Waals surface area contributed by atoms with Crippen molar-refractivity contribution in [2.24, 2.45) is 7.05 Å². The van der Waals surface area contributed by atoms with E-state index >= 15 is 0 Å². The van der Waals surface area contributed by atoms with Crippen molar-refractivity contribution in [1.29, 1.82) is 0 Å². The molecule has 6 heteroatoms. The van der Waals surface area contributed by atoms with Crippen molar-refractivity contribution in [3.05, 3.63) is 48.7 Å². The summed E-state index contributed by atoms with van der Waals surface area (Å²) in [5, 5.41) is 3.18. The van der Waals surface area contributed by atoms with E-state index in [1.54, 1.807) is 11.8 Å². The van der Waals surface area contributed by atoms with Crippen LogP contribution >= 0.6 is 23.5 Å². The van der Waals surface area contributed by atoms with E-state index in [0.717, 1.165) is 21.3 Å². The van der Waals surface area contributed by atoms with E-state index < -0.39 is 0 Å². The van der Waals surface area contributed by atoms with E-state index in [1.807, 2.05) is 36.0 Å². The standard InChI is InChI=1S/C14H14N3S2.ClH/c1-17-9-5-4-8-13(17)18-10-19-14-15-11-6-2-3-7-12(11)16-14;/h2-9H,10H2,1H3,(H,15,16);1H/q+1;/p-1. The summed E-state index contributed by atoms with van der Waals surface area (Å²) in [4.78, 5) is 7.88. The van der Waals surface area contributed by atoms with Crippen molar-refractivity contribution < 1.29 is 17.0 Å². The highest BCUT2D eigenvalue weighted by molar-refractivity contribution is 8.15. The van der Waals surface area contributed by atoms with Crippen LogP contribution in [0.25, 0.3) is 11.0 Å². The Hall–Kier alpha value is -1.17. The average Bonchev–Trinajstić information content (AvgIpc) is 2.83. The zero-order valence-electron chi connectivity index (χ0n) is 10.9. The Kier molecular flexibility index (Phi) is 5.34. The number of nitrogens with zero attached hydrogens (tertiary/aromatic N) is 2. The summed E-state index contributed by atoms with van der Waals surface area (Å²) in [5.41, 5.74) is 2.13. The van der Waals surface area contributed by atoms with Crippen LogP contribution < -0.4 is 17.0 Å². The molecule has 0 bridgehead atoms. The lowest BCUT2D eigenvalue weighted by molar-refractivity contribution is -0.708. The zero-order valence-corrected chi connectivity index (χ0v) is 13.3. The molecule has 0 amide bonds. The molecule has 104 valence electrons. The molecule has 0 aliphatic heterocycles. The van der Waals surface area contributed by atoms with Gasteiger partial charge in [0.2, 0.25) is 5.03 Å². The Morgan fingerprint density at radius 2 is 1.90 bits per heavy atom. The minimum Gasteiger partial charge on any atom is -1.00 e. The zero-order chi connectivity index (χ0) is 13.1. The van der Waals surface area contributed by atoms with Crippen molar-refractivity contribution >= 4 is 34.6 Å². The van der Waals surface area contributed by atoms with Crippen LogP contribution in [0.1, 0.15) is 0 Å². The second kappa shape index (κ2) is 7.02. The monoisotopic (exact) mass is 323 g/mol. The number of rotatable bonds is 4. The summed E-state index contributed by atoms with van der Waals surface area (Å²) >= 11 is 3.55. The van der Waals surface area contributed by atoms with Gasteiger partial charge in [-0.2, -0.15) is 4.57 Å². The molecule has 0 unspecified atom stereocenters. The summed E-state index contributed by atoms with van der Waals surface area (Å²) in [6.45, 7) is 0. The van der Waals surface area contributed by atoms with Gasteiger partial charge in [0, 0.05) is 12.1 Å². The molecule has 3 nitrogen and oxygen atoms in total. The summed E-state index contributed by atoms with van der Waals surface area (Å²) in [7, 11) is 2.06. The van der Waals surface area contributed by atoms with Crippen LogP contribution in [0, 0.1) is 0 Å². The number of halogens is 1. The SMILES string of the molecule is C[n+]1ccccc1SCSc1nc2ccccc2[nH]1.[Cl-].